The number of ether oxygens (including phenoxy) is 2. The molecule has 0 N–H and O–H groups in total. The molecule has 2 aliphatic carbocycles. The number of hydrogen-bond acceptors (Lipinski definition) is 6. The largest absolute Gasteiger partial charge is 0.472 e. The van der Waals surface area contributed by atoms with Gasteiger partial charge in [-0.2, -0.15) is 0 Å². The molecule has 2 spiro atoms. The van der Waals surface area contributed by atoms with Crippen molar-refractivity contribution in [2.75, 3.05) is 6.61 Å². The Labute approximate surface area is 163 Å². The molecule has 6 heteroatoms. The highest BCUT2D eigenvalue weighted by atomic mass is 16.6. The van der Waals surface area contributed by atoms with Crippen molar-refractivity contribution >= 4 is 17.7 Å². The fraction of sp³-hybridized carbons (Fsp3) is 0.591. The molecule has 148 valence electrons. The van der Waals surface area contributed by atoms with Crippen LogP contribution >= 0.6 is 0 Å². The normalized spacial score (nSPS) is 41.9. The molecule has 6 nitrogen and oxygen atoms in total. The predicted molar refractivity (Wildman–Crippen MR) is 96.7 cm³/mol. The summed E-state index contributed by atoms with van der Waals surface area (Å²) >= 11 is 0. The van der Waals surface area contributed by atoms with Crippen molar-refractivity contribution in [3.8, 4) is 0 Å². The fourth-order valence-electron chi connectivity index (χ4n) is 6.64. The molecule has 1 aromatic heterocycles. The van der Waals surface area contributed by atoms with Gasteiger partial charge in [0.05, 0.1) is 17.9 Å². The zero-order valence-electron chi connectivity index (χ0n) is 16.1. The second kappa shape index (κ2) is 5.82. The zero-order valence-corrected chi connectivity index (χ0v) is 16.1. The van der Waals surface area contributed by atoms with Gasteiger partial charge in [-0.3, -0.25) is 9.59 Å². The van der Waals surface area contributed by atoms with Crippen molar-refractivity contribution in [2.45, 2.75) is 45.6 Å². The van der Waals surface area contributed by atoms with Crippen LogP contribution in [0.1, 0.15) is 51.2 Å². The van der Waals surface area contributed by atoms with E-state index in [0.717, 1.165) is 12.0 Å². The van der Waals surface area contributed by atoms with Gasteiger partial charge < -0.3 is 13.9 Å². The Hall–Kier alpha value is -2.37. The van der Waals surface area contributed by atoms with Crippen molar-refractivity contribution in [3.05, 3.63) is 35.8 Å². The van der Waals surface area contributed by atoms with E-state index >= 15 is 0 Å². The van der Waals surface area contributed by atoms with Gasteiger partial charge in [0.1, 0.15) is 18.5 Å². The Balaban J connectivity index is 1.65. The van der Waals surface area contributed by atoms with E-state index < -0.39 is 10.8 Å². The lowest BCUT2D eigenvalue weighted by atomic mass is 9.43. The molecule has 0 unspecified atom stereocenters. The number of carbonyl (C=O) groups excluding carboxylic acids is 3. The maximum atomic E-state index is 13.4. The van der Waals surface area contributed by atoms with Crippen LogP contribution < -0.4 is 0 Å². The lowest BCUT2D eigenvalue weighted by Gasteiger charge is -2.57. The summed E-state index contributed by atoms with van der Waals surface area (Å²) in [7, 11) is 0. The van der Waals surface area contributed by atoms with Crippen molar-refractivity contribution in [3.63, 3.8) is 0 Å². The fourth-order valence-corrected chi connectivity index (χ4v) is 6.64. The number of fused-ring (bicyclic) bond motifs is 1. The van der Waals surface area contributed by atoms with Crippen molar-refractivity contribution in [1.29, 1.82) is 0 Å². The summed E-state index contributed by atoms with van der Waals surface area (Å²) in [5.74, 6) is -0.950. The molecule has 2 aliphatic heterocycles. The van der Waals surface area contributed by atoms with Crippen LogP contribution in [0.4, 0.5) is 0 Å². The molecule has 3 fully saturated rings. The van der Waals surface area contributed by atoms with Gasteiger partial charge in [0, 0.05) is 28.9 Å². The van der Waals surface area contributed by atoms with E-state index in [1.807, 2.05) is 12.1 Å². The maximum absolute atomic E-state index is 13.4. The minimum atomic E-state index is -0.721. The summed E-state index contributed by atoms with van der Waals surface area (Å²) in [6.45, 7) is 3.83. The Morgan fingerprint density at radius 1 is 1.25 bits per heavy atom. The molecule has 4 aliphatic rings. The van der Waals surface area contributed by atoms with Gasteiger partial charge >= 0.3 is 11.9 Å². The van der Waals surface area contributed by atoms with Crippen LogP contribution in [0, 0.1) is 28.6 Å². The van der Waals surface area contributed by atoms with Crippen LogP contribution in [0.5, 0.6) is 0 Å². The minimum Gasteiger partial charge on any atom is -0.472 e. The minimum absolute atomic E-state index is 0.0171. The number of furan rings is 1. The maximum Gasteiger partial charge on any atom is 0.334 e. The van der Waals surface area contributed by atoms with Crippen molar-refractivity contribution in [2.24, 2.45) is 28.6 Å². The Bertz CT molecular complexity index is 883. The quantitative estimate of drug-likeness (QED) is 0.727. The molecule has 0 amide bonds. The van der Waals surface area contributed by atoms with E-state index in [-0.39, 0.29) is 48.2 Å². The monoisotopic (exact) mass is 384 g/mol. The molecule has 3 heterocycles. The summed E-state index contributed by atoms with van der Waals surface area (Å²) in [6.07, 6.45) is 7.34. The number of Topliss-reactive ketones (excluding diaryl/α,β-unsaturated/α-hetero) is 1. The zero-order chi connectivity index (χ0) is 19.7. The second-order valence-corrected chi connectivity index (χ2v) is 8.86. The van der Waals surface area contributed by atoms with Crippen molar-refractivity contribution < 1.29 is 28.3 Å². The van der Waals surface area contributed by atoms with Gasteiger partial charge in [0.15, 0.2) is 0 Å². The first-order chi connectivity index (χ1) is 13.4. The molecule has 1 aromatic rings. The number of esters is 2. The molecular weight excluding hydrogens is 360 g/mol. The van der Waals surface area contributed by atoms with Crippen LogP contribution in [0.15, 0.2) is 34.7 Å². The number of ketones is 1. The highest BCUT2D eigenvalue weighted by Crippen LogP contribution is 2.69. The molecule has 0 radical (unpaired) electrons. The predicted octanol–water partition coefficient (Wildman–Crippen LogP) is 3.38. The smallest absolute Gasteiger partial charge is 0.334 e. The first-order valence-electron chi connectivity index (χ1n) is 10.0. The SMILES string of the molecule is CC(=O)[C@@H]1C[C@@H](C)[C@]2(C[C@@H](c3ccoc3)OC2=O)[C@H]2CCC=C3C(=O)OC[C@]321. The molecule has 0 aromatic carbocycles. The molecule has 6 atom stereocenters. The highest BCUT2D eigenvalue weighted by Gasteiger charge is 2.71. The van der Waals surface area contributed by atoms with Gasteiger partial charge in [0.25, 0.3) is 0 Å². The number of allylic oxidation sites excluding steroid dienone is 1. The van der Waals surface area contributed by atoms with Gasteiger partial charge in [-0.25, -0.2) is 4.79 Å². The molecule has 1 saturated carbocycles. The summed E-state index contributed by atoms with van der Waals surface area (Å²) in [4.78, 5) is 38.6. The van der Waals surface area contributed by atoms with Crippen molar-refractivity contribution in [1.82, 2.24) is 0 Å². The third-order valence-electron chi connectivity index (χ3n) is 7.86. The first kappa shape index (κ1) is 17.7. The molecule has 28 heavy (non-hydrogen) atoms. The second-order valence-electron chi connectivity index (χ2n) is 8.86. The van der Waals surface area contributed by atoms with Crippen LogP contribution in [0.3, 0.4) is 0 Å². The van der Waals surface area contributed by atoms with E-state index in [0.29, 0.717) is 24.8 Å². The number of hydrogen-bond donors (Lipinski definition) is 0. The lowest BCUT2D eigenvalue weighted by Crippen LogP contribution is -2.60. The summed E-state index contributed by atoms with van der Waals surface area (Å²) in [6, 6.07) is 1.83. The number of carbonyl (C=O) groups is 3. The van der Waals surface area contributed by atoms with E-state index in [2.05, 4.69) is 6.92 Å². The van der Waals surface area contributed by atoms with Crippen LogP contribution in [-0.2, 0) is 23.9 Å². The average Bonchev–Trinajstić information content (AvgIpc) is 3.38. The topological polar surface area (TPSA) is 82.8 Å². The van der Waals surface area contributed by atoms with Gasteiger partial charge in [0.2, 0.25) is 0 Å². The van der Waals surface area contributed by atoms with E-state index in [9.17, 15) is 14.4 Å². The Morgan fingerprint density at radius 2 is 2.07 bits per heavy atom. The first-order valence-corrected chi connectivity index (χ1v) is 10.0. The van der Waals surface area contributed by atoms with Gasteiger partial charge in [-0.1, -0.05) is 13.0 Å². The molecular formula is C22H24O6. The Kier molecular flexibility index (Phi) is 3.68. The highest BCUT2D eigenvalue weighted by molar-refractivity contribution is 5.96. The van der Waals surface area contributed by atoms with E-state index in [1.165, 1.54) is 0 Å². The molecule has 2 saturated heterocycles. The lowest BCUT2D eigenvalue weighted by molar-refractivity contribution is -0.170. The average molecular weight is 384 g/mol. The number of cyclic esters (lactones) is 2. The van der Waals surface area contributed by atoms with Crippen LogP contribution in [0.2, 0.25) is 0 Å². The van der Waals surface area contributed by atoms with Crippen LogP contribution in [-0.4, -0.2) is 24.3 Å². The van der Waals surface area contributed by atoms with E-state index in [1.54, 1.807) is 19.5 Å². The van der Waals surface area contributed by atoms with Gasteiger partial charge in [-0.15, -0.1) is 0 Å². The van der Waals surface area contributed by atoms with E-state index in [4.69, 9.17) is 13.9 Å². The molecule has 0 bridgehead atoms. The Morgan fingerprint density at radius 3 is 2.79 bits per heavy atom. The summed E-state index contributed by atoms with van der Waals surface area (Å²) < 4.78 is 16.5. The van der Waals surface area contributed by atoms with Crippen LogP contribution in [0.25, 0.3) is 0 Å². The standard InChI is InChI=1S/C22H24O6/c1-12-8-16(13(2)23)22-11-27-19(24)15(22)4-3-5-18(22)21(12)9-17(28-20(21)25)14-6-7-26-10-14/h4,6-7,10,12,16-18H,3,5,8-9,11H2,1-2H3/t12-,16+,17+,18-,21-,22-/m1/s1. The number of rotatable bonds is 2. The third-order valence-corrected chi connectivity index (χ3v) is 7.86. The summed E-state index contributed by atoms with van der Waals surface area (Å²) in [5, 5.41) is 0. The van der Waals surface area contributed by atoms with Gasteiger partial charge in [-0.05, 0) is 44.1 Å². The summed E-state index contributed by atoms with van der Waals surface area (Å²) in [5.41, 5.74) is 0.0274. The third kappa shape index (κ3) is 2.01. The molecule has 5 rings (SSSR count).